The molecule has 13 heteroatoms. The molecule has 11 nitrogen and oxygen atoms in total. The average molecular weight is 621 g/mol. The van der Waals surface area contributed by atoms with E-state index in [1.54, 1.807) is 17.0 Å². The van der Waals surface area contributed by atoms with Gasteiger partial charge in [-0.25, -0.2) is 13.4 Å². The Morgan fingerprint density at radius 3 is 2.36 bits per heavy atom. The molecule has 0 radical (unpaired) electrons. The number of carbonyl (C=O) groups excluding carboxylic acids is 1. The Kier molecular flexibility index (Phi) is 12.1. The SMILES string of the molecule is CCOc1ccc2nc(N(CCCN3CCOCC3)C(=O)c3ccc(S(=O)(=O)N(CCOC)CCOC)cc3)sc2c1. The average Bonchev–Trinajstić information content (AvgIpc) is 3.43. The van der Waals surface area contributed by atoms with Gasteiger partial charge in [-0.3, -0.25) is 14.6 Å². The van der Waals surface area contributed by atoms with Gasteiger partial charge in [-0.2, -0.15) is 4.31 Å². The molecule has 1 aromatic heterocycles. The Bertz CT molecular complexity index is 1380. The summed E-state index contributed by atoms with van der Waals surface area (Å²) in [5.41, 5.74) is 1.17. The molecule has 0 unspecified atom stereocenters. The van der Waals surface area contributed by atoms with Gasteiger partial charge in [0, 0.05) is 59.1 Å². The molecule has 42 heavy (non-hydrogen) atoms. The van der Waals surface area contributed by atoms with E-state index in [2.05, 4.69) is 4.90 Å². The van der Waals surface area contributed by atoms with Gasteiger partial charge >= 0.3 is 0 Å². The van der Waals surface area contributed by atoms with E-state index in [4.69, 9.17) is 23.9 Å². The number of benzene rings is 2. The molecule has 0 atom stereocenters. The van der Waals surface area contributed by atoms with Crippen LogP contribution in [0.4, 0.5) is 5.13 Å². The molecule has 4 rings (SSSR count). The fraction of sp³-hybridized carbons (Fsp3) is 0.517. The first-order valence-electron chi connectivity index (χ1n) is 14.1. The van der Waals surface area contributed by atoms with Crippen molar-refractivity contribution in [3.63, 3.8) is 0 Å². The van der Waals surface area contributed by atoms with Crippen molar-refractivity contribution >= 4 is 42.6 Å². The number of rotatable bonds is 16. The molecule has 3 aromatic rings. The number of nitrogens with zero attached hydrogens (tertiary/aromatic N) is 4. The Balaban J connectivity index is 1.57. The van der Waals surface area contributed by atoms with Crippen molar-refractivity contribution < 1.29 is 32.2 Å². The van der Waals surface area contributed by atoms with Crippen LogP contribution in [0.25, 0.3) is 10.2 Å². The van der Waals surface area contributed by atoms with Gasteiger partial charge < -0.3 is 18.9 Å². The van der Waals surface area contributed by atoms with Crippen LogP contribution in [0.2, 0.25) is 0 Å². The molecule has 2 heterocycles. The van der Waals surface area contributed by atoms with Gasteiger partial charge in [0.05, 0.1) is 48.1 Å². The van der Waals surface area contributed by atoms with E-state index in [1.807, 2.05) is 25.1 Å². The lowest BCUT2D eigenvalue weighted by Crippen LogP contribution is -2.39. The Labute approximate surface area is 252 Å². The van der Waals surface area contributed by atoms with Gasteiger partial charge in [0.15, 0.2) is 5.13 Å². The summed E-state index contributed by atoms with van der Waals surface area (Å²) in [6.45, 7) is 7.88. The van der Waals surface area contributed by atoms with Crippen molar-refractivity contribution in [2.75, 3.05) is 91.4 Å². The minimum Gasteiger partial charge on any atom is -0.494 e. The molecule has 2 aromatic carbocycles. The number of morpholine rings is 1. The van der Waals surface area contributed by atoms with Crippen molar-refractivity contribution in [1.82, 2.24) is 14.2 Å². The quantitative estimate of drug-likeness (QED) is 0.238. The van der Waals surface area contributed by atoms with Crippen LogP contribution in [0.3, 0.4) is 0 Å². The molecule has 0 spiro atoms. The smallest absolute Gasteiger partial charge is 0.260 e. The van der Waals surface area contributed by atoms with Crippen LogP contribution in [-0.2, 0) is 24.2 Å². The summed E-state index contributed by atoms with van der Waals surface area (Å²) in [6.07, 6.45) is 0.756. The number of thiazole rings is 1. The number of methoxy groups -OCH3 is 2. The van der Waals surface area contributed by atoms with Crippen LogP contribution in [0.5, 0.6) is 5.75 Å². The zero-order valence-corrected chi connectivity index (χ0v) is 26.1. The highest BCUT2D eigenvalue weighted by Crippen LogP contribution is 2.32. The highest BCUT2D eigenvalue weighted by Gasteiger charge is 2.26. The van der Waals surface area contributed by atoms with E-state index in [0.717, 1.165) is 42.0 Å². The monoisotopic (exact) mass is 620 g/mol. The fourth-order valence-electron chi connectivity index (χ4n) is 4.64. The number of carbonyl (C=O) groups is 1. The topological polar surface area (TPSA) is 111 Å². The lowest BCUT2D eigenvalue weighted by molar-refractivity contribution is 0.0376. The maximum absolute atomic E-state index is 13.9. The molecule has 1 saturated heterocycles. The zero-order valence-electron chi connectivity index (χ0n) is 24.5. The summed E-state index contributed by atoms with van der Waals surface area (Å²) in [5.74, 6) is 0.521. The van der Waals surface area contributed by atoms with Gasteiger partial charge in [0.2, 0.25) is 10.0 Å². The summed E-state index contributed by atoms with van der Waals surface area (Å²) in [5, 5.41) is 0.590. The highest BCUT2D eigenvalue weighted by molar-refractivity contribution is 7.89. The summed E-state index contributed by atoms with van der Waals surface area (Å²) < 4.78 is 50.2. The van der Waals surface area contributed by atoms with Crippen LogP contribution in [0, 0.1) is 0 Å². The van der Waals surface area contributed by atoms with E-state index >= 15 is 0 Å². The van der Waals surface area contributed by atoms with Crippen LogP contribution in [0.1, 0.15) is 23.7 Å². The summed E-state index contributed by atoms with van der Waals surface area (Å²) >= 11 is 1.44. The first kappa shape index (κ1) is 32.3. The fourth-order valence-corrected chi connectivity index (χ4v) is 7.07. The standard InChI is InChI=1S/C29H40N4O7S2/c1-4-40-24-8-11-26-27(22-24)41-29(30-26)33(13-5-12-31-14-20-39-21-15-31)28(34)23-6-9-25(10-7-23)42(35,36)32(16-18-37-2)17-19-38-3/h6-11,22H,4-5,12-21H2,1-3H3. The largest absolute Gasteiger partial charge is 0.494 e. The van der Waals surface area contributed by atoms with Crippen LogP contribution in [0.15, 0.2) is 47.4 Å². The summed E-state index contributed by atoms with van der Waals surface area (Å²) in [7, 11) is -0.752. The molecule has 1 fully saturated rings. The van der Waals surface area contributed by atoms with Gasteiger partial charge in [0.25, 0.3) is 5.91 Å². The van der Waals surface area contributed by atoms with Crippen molar-refractivity contribution in [1.29, 1.82) is 0 Å². The first-order chi connectivity index (χ1) is 20.4. The molecule has 0 saturated carbocycles. The molecule has 0 N–H and O–H groups in total. The van der Waals surface area contributed by atoms with E-state index < -0.39 is 10.0 Å². The number of sulfonamides is 1. The minimum absolute atomic E-state index is 0.105. The lowest BCUT2D eigenvalue weighted by atomic mass is 10.2. The lowest BCUT2D eigenvalue weighted by Gasteiger charge is -2.27. The second-order valence-corrected chi connectivity index (χ2v) is 12.7. The molecule has 1 amide bonds. The van der Waals surface area contributed by atoms with Gasteiger partial charge in [-0.1, -0.05) is 11.3 Å². The number of hydrogen-bond acceptors (Lipinski definition) is 10. The summed E-state index contributed by atoms with van der Waals surface area (Å²) in [4.78, 5) is 22.8. The highest BCUT2D eigenvalue weighted by atomic mass is 32.2. The first-order valence-corrected chi connectivity index (χ1v) is 16.4. The Morgan fingerprint density at radius 1 is 1.02 bits per heavy atom. The maximum Gasteiger partial charge on any atom is 0.260 e. The van der Waals surface area contributed by atoms with Gasteiger partial charge in [-0.05, 0) is 55.8 Å². The van der Waals surface area contributed by atoms with E-state index in [0.29, 0.717) is 37.1 Å². The van der Waals surface area contributed by atoms with Crippen molar-refractivity contribution in [2.45, 2.75) is 18.2 Å². The maximum atomic E-state index is 13.9. The Hall–Kier alpha value is -2.65. The van der Waals surface area contributed by atoms with Crippen LogP contribution in [-0.4, -0.2) is 115 Å². The number of aromatic nitrogens is 1. The van der Waals surface area contributed by atoms with E-state index in [-0.39, 0.29) is 37.1 Å². The second kappa shape index (κ2) is 15.7. The molecule has 0 aliphatic carbocycles. The molecule has 1 aliphatic heterocycles. The second-order valence-electron chi connectivity index (χ2n) is 9.74. The molecule has 1 aliphatic rings. The van der Waals surface area contributed by atoms with Crippen molar-refractivity contribution in [2.24, 2.45) is 0 Å². The normalized spacial score (nSPS) is 14.5. The summed E-state index contributed by atoms with van der Waals surface area (Å²) in [6, 6.07) is 11.8. The Morgan fingerprint density at radius 2 is 1.71 bits per heavy atom. The van der Waals surface area contributed by atoms with Crippen LogP contribution < -0.4 is 9.64 Å². The molecule has 0 bridgehead atoms. The van der Waals surface area contributed by atoms with Crippen LogP contribution >= 0.6 is 11.3 Å². The number of ether oxygens (including phenoxy) is 4. The van der Waals surface area contributed by atoms with E-state index in [9.17, 15) is 13.2 Å². The van der Waals surface area contributed by atoms with Crippen molar-refractivity contribution in [3.05, 3.63) is 48.0 Å². The molecular formula is C29H40N4O7S2. The minimum atomic E-state index is -3.80. The van der Waals surface area contributed by atoms with Gasteiger partial charge in [-0.15, -0.1) is 0 Å². The third kappa shape index (κ3) is 8.25. The number of anilines is 1. The molecular weight excluding hydrogens is 580 g/mol. The predicted octanol–water partition coefficient (Wildman–Crippen LogP) is 3.35. The van der Waals surface area contributed by atoms with Crippen molar-refractivity contribution in [3.8, 4) is 5.75 Å². The molecule has 230 valence electrons. The number of fused-ring (bicyclic) bond motifs is 1. The number of amides is 1. The third-order valence-corrected chi connectivity index (χ3v) is 9.88. The van der Waals surface area contributed by atoms with E-state index in [1.165, 1.54) is 42.0 Å². The zero-order chi connectivity index (χ0) is 30.0. The third-order valence-electron chi connectivity index (χ3n) is 6.92. The number of hydrogen-bond donors (Lipinski definition) is 0. The van der Waals surface area contributed by atoms with Gasteiger partial charge in [0.1, 0.15) is 5.75 Å². The predicted molar refractivity (Wildman–Crippen MR) is 163 cm³/mol.